The average Bonchev–Trinajstić information content (AvgIpc) is 2.78. The van der Waals surface area contributed by atoms with Gasteiger partial charge in [0.2, 0.25) is 0 Å². The molecule has 2 aromatic rings. The zero-order valence-corrected chi connectivity index (χ0v) is 11.4. The Labute approximate surface area is 122 Å². The highest BCUT2D eigenvalue weighted by Crippen LogP contribution is 2.37. The molecule has 2 rings (SSSR count). The van der Waals surface area contributed by atoms with Gasteiger partial charge in [0.1, 0.15) is 11.8 Å². The van der Waals surface area contributed by atoms with Crippen molar-refractivity contribution in [3.8, 4) is 17.3 Å². The Morgan fingerprint density at radius 2 is 1.80 bits per heavy atom. The number of alkyl halides is 4. The van der Waals surface area contributed by atoms with Gasteiger partial charge in [-0.05, 0) is 23.8 Å². The number of benzene rings is 1. The Bertz CT molecular complexity index is 667. The minimum Gasteiger partial charge on any atom is -0.321 e. The van der Waals surface area contributed by atoms with Crippen molar-refractivity contribution in [3.05, 3.63) is 46.6 Å². The van der Waals surface area contributed by atoms with E-state index in [9.17, 15) is 13.2 Å². The van der Waals surface area contributed by atoms with Crippen molar-refractivity contribution in [2.24, 2.45) is 0 Å². The van der Waals surface area contributed by atoms with Crippen LogP contribution < -0.4 is 0 Å². The second-order valence-corrected chi connectivity index (χ2v) is 4.63. The SMILES string of the molecule is N#Cc1cc(C(F)(F)F)n(CCl)c1-c1ccc(Cl)cc1. The standard InChI is InChI=1S/C13H7Cl2F3N2/c14-7-20-11(13(16,17)18)5-9(6-19)12(20)8-1-3-10(15)4-2-8/h1-5H,7H2. The first-order valence-corrected chi connectivity index (χ1v) is 6.32. The van der Waals surface area contributed by atoms with Gasteiger partial charge in [-0.25, -0.2) is 0 Å². The summed E-state index contributed by atoms with van der Waals surface area (Å²) in [5.74, 6) is 0. The van der Waals surface area contributed by atoms with Crippen molar-refractivity contribution in [1.82, 2.24) is 4.57 Å². The van der Waals surface area contributed by atoms with Gasteiger partial charge in [0.25, 0.3) is 0 Å². The smallest absolute Gasteiger partial charge is 0.321 e. The normalized spacial score (nSPS) is 11.4. The molecule has 0 amide bonds. The van der Waals surface area contributed by atoms with E-state index in [1.807, 2.05) is 0 Å². The third kappa shape index (κ3) is 2.62. The van der Waals surface area contributed by atoms with Gasteiger partial charge in [-0.15, -0.1) is 11.6 Å². The molecular formula is C13H7Cl2F3N2. The Hall–Kier alpha value is -1.64. The van der Waals surface area contributed by atoms with Gasteiger partial charge in [-0.3, -0.25) is 0 Å². The maximum Gasteiger partial charge on any atom is 0.431 e. The lowest BCUT2D eigenvalue weighted by Crippen LogP contribution is -2.12. The molecule has 0 saturated carbocycles. The van der Waals surface area contributed by atoms with Gasteiger partial charge in [0, 0.05) is 5.02 Å². The fraction of sp³-hybridized carbons (Fsp3) is 0.154. The Kier molecular flexibility index (Phi) is 3.98. The molecule has 0 fully saturated rings. The monoisotopic (exact) mass is 318 g/mol. The van der Waals surface area contributed by atoms with E-state index >= 15 is 0 Å². The van der Waals surface area contributed by atoms with Gasteiger partial charge < -0.3 is 4.57 Å². The highest BCUT2D eigenvalue weighted by Gasteiger charge is 2.36. The molecule has 20 heavy (non-hydrogen) atoms. The van der Waals surface area contributed by atoms with Gasteiger partial charge >= 0.3 is 6.18 Å². The summed E-state index contributed by atoms with van der Waals surface area (Å²) < 4.78 is 39.7. The summed E-state index contributed by atoms with van der Waals surface area (Å²) in [4.78, 5) is 0. The minimum absolute atomic E-state index is 0.0831. The molecule has 0 atom stereocenters. The Morgan fingerprint density at radius 3 is 2.25 bits per heavy atom. The Morgan fingerprint density at radius 1 is 1.20 bits per heavy atom. The van der Waals surface area contributed by atoms with Crippen LogP contribution in [-0.2, 0) is 12.2 Å². The van der Waals surface area contributed by atoms with E-state index in [0.29, 0.717) is 10.6 Å². The van der Waals surface area contributed by atoms with Crippen LogP contribution in [0.1, 0.15) is 11.3 Å². The number of halogens is 5. The van der Waals surface area contributed by atoms with E-state index in [-0.39, 0.29) is 11.3 Å². The van der Waals surface area contributed by atoms with E-state index in [4.69, 9.17) is 28.5 Å². The predicted octanol–water partition coefficient (Wildman–Crippen LogP) is 4.90. The van der Waals surface area contributed by atoms with Crippen LogP contribution in [0.5, 0.6) is 0 Å². The number of nitriles is 1. The second kappa shape index (κ2) is 5.39. The van der Waals surface area contributed by atoms with Crippen molar-refractivity contribution in [2.45, 2.75) is 12.2 Å². The molecule has 1 heterocycles. The molecule has 0 spiro atoms. The Balaban J connectivity index is 2.72. The third-order valence-corrected chi connectivity index (χ3v) is 3.24. The summed E-state index contributed by atoms with van der Waals surface area (Å²) in [6.07, 6.45) is -4.58. The fourth-order valence-corrected chi connectivity index (χ4v) is 2.29. The van der Waals surface area contributed by atoms with Crippen LogP contribution >= 0.6 is 23.2 Å². The van der Waals surface area contributed by atoms with Crippen molar-refractivity contribution < 1.29 is 13.2 Å². The lowest BCUT2D eigenvalue weighted by atomic mass is 10.1. The molecule has 0 unspecified atom stereocenters. The van der Waals surface area contributed by atoms with E-state index in [1.165, 1.54) is 12.1 Å². The van der Waals surface area contributed by atoms with Crippen LogP contribution in [-0.4, -0.2) is 4.57 Å². The highest BCUT2D eigenvalue weighted by molar-refractivity contribution is 6.30. The van der Waals surface area contributed by atoms with Crippen molar-refractivity contribution in [3.63, 3.8) is 0 Å². The summed E-state index contributed by atoms with van der Waals surface area (Å²) in [6, 6.07) is 8.32. The first kappa shape index (κ1) is 14.8. The molecular weight excluding hydrogens is 312 g/mol. The number of rotatable bonds is 2. The van der Waals surface area contributed by atoms with E-state index < -0.39 is 17.9 Å². The highest BCUT2D eigenvalue weighted by atomic mass is 35.5. The zero-order valence-electron chi connectivity index (χ0n) is 9.88. The van der Waals surface area contributed by atoms with Crippen LogP contribution in [0.2, 0.25) is 5.02 Å². The van der Waals surface area contributed by atoms with Crippen LogP contribution in [0.4, 0.5) is 13.2 Å². The molecule has 0 N–H and O–H groups in total. The molecule has 7 heteroatoms. The van der Waals surface area contributed by atoms with Crippen LogP contribution in [0.3, 0.4) is 0 Å². The van der Waals surface area contributed by atoms with Crippen LogP contribution in [0, 0.1) is 11.3 Å². The molecule has 104 valence electrons. The summed E-state index contributed by atoms with van der Waals surface area (Å²) in [7, 11) is 0. The molecule has 2 nitrogen and oxygen atoms in total. The van der Waals surface area contributed by atoms with E-state index in [0.717, 1.165) is 10.6 Å². The molecule has 0 aliphatic carbocycles. The summed E-state index contributed by atoms with van der Waals surface area (Å²) in [5, 5.41) is 9.48. The first-order chi connectivity index (χ1) is 9.38. The van der Waals surface area contributed by atoms with Gasteiger partial charge in [0.05, 0.1) is 17.3 Å². The van der Waals surface area contributed by atoms with E-state index in [1.54, 1.807) is 18.2 Å². The first-order valence-electron chi connectivity index (χ1n) is 5.41. The van der Waals surface area contributed by atoms with Crippen molar-refractivity contribution >= 4 is 23.2 Å². The maximum absolute atomic E-state index is 12.9. The molecule has 1 aromatic carbocycles. The molecule has 0 radical (unpaired) electrons. The molecule has 0 aliphatic rings. The summed E-state index contributed by atoms with van der Waals surface area (Å²) in [5.41, 5.74) is -0.456. The van der Waals surface area contributed by atoms with E-state index in [2.05, 4.69) is 0 Å². The lowest BCUT2D eigenvalue weighted by molar-refractivity contribution is -0.143. The van der Waals surface area contributed by atoms with Crippen molar-refractivity contribution in [1.29, 1.82) is 5.26 Å². The quantitative estimate of drug-likeness (QED) is 0.724. The lowest BCUT2D eigenvalue weighted by Gasteiger charge is -2.12. The number of hydrogen-bond acceptors (Lipinski definition) is 1. The predicted molar refractivity (Wildman–Crippen MR) is 70.4 cm³/mol. The zero-order chi connectivity index (χ0) is 14.9. The number of nitrogens with zero attached hydrogens (tertiary/aromatic N) is 2. The molecule has 0 aliphatic heterocycles. The molecule has 0 saturated heterocycles. The topological polar surface area (TPSA) is 28.7 Å². The minimum atomic E-state index is -4.58. The molecule has 0 bridgehead atoms. The largest absolute Gasteiger partial charge is 0.431 e. The van der Waals surface area contributed by atoms with Gasteiger partial charge in [-0.2, -0.15) is 18.4 Å². The van der Waals surface area contributed by atoms with Crippen LogP contribution in [0.25, 0.3) is 11.3 Å². The second-order valence-electron chi connectivity index (χ2n) is 3.96. The summed E-state index contributed by atoms with van der Waals surface area (Å²) in [6.45, 7) is 0. The molecule has 1 aromatic heterocycles. The maximum atomic E-state index is 12.9. The van der Waals surface area contributed by atoms with Gasteiger partial charge in [0.15, 0.2) is 0 Å². The van der Waals surface area contributed by atoms with Crippen molar-refractivity contribution in [2.75, 3.05) is 0 Å². The fourth-order valence-electron chi connectivity index (χ4n) is 1.91. The number of aromatic nitrogens is 1. The number of hydrogen-bond donors (Lipinski definition) is 0. The summed E-state index contributed by atoms with van der Waals surface area (Å²) >= 11 is 11.4. The average molecular weight is 319 g/mol. The van der Waals surface area contributed by atoms with Crippen LogP contribution in [0.15, 0.2) is 30.3 Å². The van der Waals surface area contributed by atoms with Gasteiger partial charge in [-0.1, -0.05) is 23.7 Å². The third-order valence-electron chi connectivity index (χ3n) is 2.74.